The second-order valence-electron chi connectivity index (χ2n) is 6.81. The van der Waals surface area contributed by atoms with Crippen LogP contribution in [0.25, 0.3) is 11.0 Å². The number of nitrogens with zero attached hydrogens (tertiary/aromatic N) is 2. The molecule has 0 radical (unpaired) electrons. The van der Waals surface area contributed by atoms with Gasteiger partial charge in [0.25, 0.3) is 5.91 Å². The van der Waals surface area contributed by atoms with E-state index >= 15 is 0 Å². The number of hydrogen-bond donors (Lipinski definition) is 3. The zero-order valence-corrected chi connectivity index (χ0v) is 17.8. The number of fused-ring (bicyclic) bond motifs is 1. The van der Waals surface area contributed by atoms with Crippen LogP contribution in [0.15, 0.2) is 51.4 Å². The number of ketones is 1. The summed E-state index contributed by atoms with van der Waals surface area (Å²) in [7, 11) is 2.34. The predicted octanol–water partition coefficient (Wildman–Crippen LogP) is 2.11. The second-order valence-corrected chi connectivity index (χ2v) is 6.81. The molecular weight excluding hydrogens is 434 g/mol. The molecule has 0 spiro atoms. The molecule has 0 aliphatic heterocycles. The van der Waals surface area contributed by atoms with Crippen molar-refractivity contribution in [2.24, 2.45) is 10.2 Å². The van der Waals surface area contributed by atoms with Gasteiger partial charge < -0.3 is 24.8 Å². The first-order valence-corrected chi connectivity index (χ1v) is 9.47. The lowest BCUT2D eigenvalue weighted by Gasteiger charge is -2.10. The summed E-state index contributed by atoms with van der Waals surface area (Å²) in [6.07, 6.45) is 0. The monoisotopic (exact) mass is 453 g/mol. The number of Topliss-reactive ketones (excluding diaryl/α,β-unsaturated/α-hetero) is 1. The van der Waals surface area contributed by atoms with E-state index in [1.54, 1.807) is 12.1 Å². The zero-order chi connectivity index (χ0) is 24.1. The van der Waals surface area contributed by atoms with E-state index in [1.165, 1.54) is 45.4 Å². The minimum Gasteiger partial charge on any atom is -0.465 e. The number of methoxy groups -OCH3 is 2. The summed E-state index contributed by atoms with van der Waals surface area (Å²) < 4.78 is 9.31. The van der Waals surface area contributed by atoms with Crippen molar-refractivity contribution in [2.75, 3.05) is 19.5 Å². The molecule has 0 saturated heterocycles. The summed E-state index contributed by atoms with van der Waals surface area (Å²) in [5.41, 5.74) is 0.985. The number of aromatic nitrogens is 2. The van der Waals surface area contributed by atoms with Crippen molar-refractivity contribution in [3.05, 3.63) is 58.0 Å². The Bertz CT molecular complexity index is 1300. The number of esters is 2. The van der Waals surface area contributed by atoms with E-state index in [0.29, 0.717) is 16.7 Å². The highest BCUT2D eigenvalue weighted by molar-refractivity contribution is 6.10. The van der Waals surface area contributed by atoms with Crippen molar-refractivity contribution >= 4 is 46.0 Å². The number of carbonyl (C=O) groups excluding carboxylic acids is 4. The number of rotatable bonds is 7. The van der Waals surface area contributed by atoms with Crippen molar-refractivity contribution in [3.8, 4) is 0 Å². The summed E-state index contributed by atoms with van der Waals surface area (Å²) in [6.45, 7) is 1.17. The lowest BCUT2D eigenvalue weighted by molar-refractivity contribution is -0.126. The number of amides is 1. The van der Waals surface area contributed by atoms with Gasteiger partial charge in [-0.3, -0.25) is 9.59 Å². The molecule has 0 bridgehead atoms. The van der Waals surface area contributed by atoms with E-state index in [0.717, 1.165) is 0 Å². The van der Waals surface area contributed by atoms with E-state index in [9.17, 15) is 24.0 Å². The largest absolute Gasteiger partial charge is 0.465 e. The Labute approximate surface area is 186 Å². The molecule has 1 heterocycles. The Morgan fingerprint density at radius 2 is 1.52 bits per heavy atom. The van der Waals surface area contributed by atoms with Gasteiger partial charge in [-0.05, 0) is 43.3 Å². The van der Waals surface area contributed by atoms with Crippen LogP contribution in [0.5, 0.6) is 0 Å². The number of ether oxygens (including phenoxy) is 2. The van der Waals surface area contributed by atoms with Crippen LogP contribution in [0.4, 0.5) is 11.4 Å². The first-order chi connectivity index (χ1) is 15.7. The summed E-state index contributed by atoms with van der Waals surface area (Å²) in [5.74, 6) is -2.81. The van der Waals surface area contributed by atoms with Gasteiger partial charge in [-0.1, -0.05) is 0 Å². The van der Waals surface area contributed by atoms with Crippen LogP contribution in [0.3, 0.4) is 0 Å². The van der Waals surface area contributed by atoms with Gasteiger partial charge in [-0.2, -0.15) is 10.2 Å². The number of aromatic amines is 2. The van der Waals surface area contributed by atoms with Gasteiger partial charge in [0.15, 0.2) is 5.78 Å². The van der Waals surface area contributed by atoms with Gasteiger partial charge in [-0.25, -0.2) is 14.4 Å². The van der Waals surface area contributed by atoms with E-state index in [4.69, 9.17) is 0 Å². The highest BCUT2D eigenvalue weighted by atomic mass is 16.5. The molecular formula is C21H19N5O7. The molecule has 12 heteroatoms. The highest BCUT2D eigenvalue weighted by Gasteiger charge is 2.24. The number of H-pyrrole nitrogens is 2. The number of anilines is 1. The number of benzene rings is 2. The summed E-state index contributed by atoms with van der Waals surface area (Å²) in [5, 5.41) is 10.2. The minimum absolute atomic E-state index is 0.00646. The average molecular weight is 453 g/mol. The van der Waals surface area contributed by atoms with Gasteiger partial charge in [-0.15, -0.1) is 0 Å². The fourth-order valence-electron chi connectivity index (χ4n) is 2.90. The molecule has 0 aliphatic carbocycles. The van der Waals surface area contributed by atoms with Crippen molar-refractivity contribution < 1.29 is 28.7 Å². The fraction of sp³-hybridized carbons (Fsp3) is 0.190. The van der Waals surface area contributed by atoms with E-state index in [1.807, 2.05) is 0 Å². The van der Waals surface area contributed by atoms with Crippen molar-refractivity contribution in [1.29, 1.82) is 0 Å². The molecule has 0 fully saturated rings. The summed E-state index contributed by atoms with van der Waals surface area (Å²) in [4.78, 5) is 65.0. The van der Waals surface area contributed by atoms with Crippen LogP contribution < -0.4 is 11.0 Å². The molecule has 33 heavy (non-hydrogen) atoms. The molecule has 1 unspecified atom stereocenters. The highest BCUT2D eigenvalue weighted by Crippen LogP contribution is 2.21. The third-order valence-electron chi connectivity index (χ3n) is 4.47. The van der Waals surface area contributed by atoms with Crippen LogP contribution in [-0.4, -0.2) is 53.9 Å². The third-order valence-corrected chi connectivity index (χ3v) is 4.47. The number of azo groups is 1. The molecule has 2 aromatic carbocycles. The van der Waals surface area contributed by atoms with Crippen molar-refractivity contribution in [2.45, 2.75) is 13.0 Å². The molecule has 1 atom stereocenters. The van der Waals surface area contributed by atoms with Crippen molar-refractivity contribution in [3.63, 3.8) is 0 Å². The number of imidazole rings is 1. The lowest BCUT2D eigenvalue weighted by Crippen LogP contribution is -2.31. The smallest absolute Gasteiger partial charge is 0.337 e. The van der Waals surface area contributed by atoms with Gasteiger partial charge in [0.2, 0.25) is 6.04 Å². The maximum absolute atomic E-state index is 12.6. The standard InChI is InChI=1S/C21H19N5O7/c1-10(27)17(18(28)22-13-4-5-15-16(9-13)24-21(31)23-15)26-25-14-7-11(19(29)32-2)6-12(8-14)20(30)33-3/h4-9,17H,1-3H3,(H,22,28)(H2,23,24,31)/b26-25+. The Hall–Kier alpha value is -4.61. The second kappa shape index (κ2) is 9.68. The fourth-order valence-corrected chi connectivity index (χ4v) is 2.90. The maximum atomic E-state index is 12.6. The molecule has 12 nitrogen and oxygen atoms in total. The Kier molecular flexibility index (Phi) is 6.77. The zero-order valence-electron chi connectivity index (χ0n) is 17.8. The van der Waals surface area contributed by atoms with Crippen LogP contribution in [-0.2, 0) is 19.1 Å². The van der Waals surface area contributed by atoms with Gasteiger partial charge >= 0.3 is 17.6 Å². The molecule has 1 amide bonds. The van der Waals surface area contributed by atoms with Gasteiger partial charge in [0.1, 0.15) is 0 Å². The third kappa shape index (κ3) is 5.36. The molecule has 3 aromatic rings. The Morgan fingerprint density at radius 3 is 2.09 bits per heavy atom. The molecule has 3 rings (SSSR count). The van der Waals surface area contributed by atoms with E-state index in [-0.39, 0.29) is 16.8 Å². The number of carbonyl (C=O) groups is 4. The summed E-state index contributed by atoms with van der Waals surface area (Å²) in [6, 6.07) is 6.96. The quantitative estimate of drug-likeness (QED) is 0.279. The van der Waals surface area contributed by atoms with Gasteiger partial charge in [0, 0.05) is 5.69 Å². The van der Waals surface area contributed by atoms with Crippen LogP contribution in [0.1, 0.15) is 27.6 Å². The summed E-state index contributed by atoms with van der Waals surface area (Å²) >= 11 is 0. The Balaban J connectivity index is 1.87. The van der Waals surface area contributed by atoms with E-state index in [2.05, 4.69) is 35.0 Å². The molecule has 0 saturated carbocycles. The first-order valence-electron chi connectivity index (χ1n) is 9.47. The minimum atomic E-state index is -1.51. The lowest BCUT2D eigenvalue weighted by atomic mass is 10.1. The van der Waals surface area contributed by atoms with Crippen LogP contribution in [0, 0.1) is 0 Å². The molecule has 0 aliphatic rings. The number of hydrogen-bond acceptors (Lipinski definition) is 9. The molecule has 1 aromatic heterocycles. The normalized spacial score (nSPS) is 11.8. The first kappa shape index (κ1) is 23.1. The predicted molar refractivity (Wildman–Crippen MR) is 116 cm³/mol. The SMILES string of the molecule is COC(=O)c1cc(/N=N/C(C(C)=O)C(=O)Nc2ccc3[nH]c(=O)[nH]c3c2)cc(C(=O)OC)c1. The van der Waals surface area contributed by atoms with E-state index < -0.39 is 35.4 Å². The Morgan fingerprint density at radius 1 is 0.909 bits per heavy atom. The average Bonchev–Trinajstić information content (AvgIpc) is 3.16. The molecule has 170 valence electrons. The molecule has 3 N–H and O–H groups in total. The van der Waals surface area contributed by atoms with Crippen molar-refractivity contribution in [1.82, 2.24) is 9.97 Å². The topological polar surface area (TPSA) is 172 Å². The maximum Gasteiger partial charge on any atom is 0.337 e. The van der Waals surface area contributed by atoms with Crippen LogP contribution >= 0.6 is 0 Å². The number of nitrogens with one attached hydrogen (secondary N) is 3. The van der Waals surface area contributed by atoms with Gasteiger partial charge in [0.05, 0.1) is 42.1 Å². The van der Waals surface area contributed by atoms with Crippen LogP contribution in [0.2, 0.25) is 0 Å².